The predicted octanol–water partition coefficient (Wildman–Crippen LogP) is 3.66. The van der Waals surface area contributed by atoms with Gasteiger partial charge in [0.25, 0.3) is 0 Å². The van der Waals surface area contributed by atoms with Gasteiger partial charge in [-0.2, -0.15) is 0 Å². The largest absolute Gasteiger partial charge is 0.379 e. The smallest absolute Gasteiger partial charge is 0.241 e. The zero-order valence-electron chi connectivity index (χ0n) is 18.0. The molecule has 0 amide bonds. The predicted molar refractivity (Wildman–Crippen MR) is 117 cm³/mol. The summed E-state index contributed by atoms with van der Waals surface area (Å²) in [5.74, 6) is 0. The SMILES string of the molecule is Cc1cc(C)c(C)c(S(=O)(=O)N[C@@H](C)[C@@H](c2ccccc2)N2CCOCC2)c1C. The molecular weight excluding hydrogens is 384 g/mol. The summed E-state index contributed by atoms with van der Waals surface area (Å²) in [5.41, 5.74) is 4.73. The molecule has 5 nitrogen and oxygen atoms in total. The second kappa shape index (κ2) is 8.96. The van der Waals surface area contributed by atoms with Gasteiger partial charge >= 0.3 is 0 Å². The number of nitrogens with zero attached hydrogens (tertiary/aromatic N) is 1. The Hall–Kier alpha value is -1.73. The van der Waals surface area contributed by atoms with Gasteiger partial charge in [-0.15, -0.1) is 0 Å². The van der Waals surface area contributed by atoms with E-state index in [1.54, 1.807) is 0 Å². The van der Waals surface area contributed by atoms with E-state index in [1.165, 1.54) is 0 Å². The van der Waals surface area contributed by atoms with Crippen LogP contribution in [0.1, 0.15) is 40.8 Å². The molecule has 1 aliphatic heterocycles. The lowest BCUT2D eigenvalue weighted by Crippen LogP contribution is -2.48. The third kappa shape index (κ3) is 4.72. The van der Waals surface area contributed by atoms with Crippen molar-refractivity contribution in [3.05, 3.63) is 64.2 Å². The molecule has 1 heterocycles. The van der Waals surface area contributed by atoms with E-state index in [-0.39, 0.29) is 12.1 Å². The monoisotopic (exact) mass is 416 g/mol. The number of hydrogen-bond donors (Lipinski definition) is 1. The second-order valence-electron chi connectivity index (χ2n) is 8.00. The molecule has 0 saturated carbocycles. The summed E-state index contributed by atoms with van der Waals surface area (Å²) in [6, 6.07) is 11.8. The van der Waals surface area contributed by atoms with Crippen molar-refractivity contribution in [3.8, 4) is 0 Å². The number of sulfonamides is 1. The van der Waals surface area contributed by atoms with Crippen molar-refractivity contribution in [2.75, 3.05) is 26.3 Å². The highest BCUT2D eigenvalue weighted by molar-refractivity contribution is 7.89. The Kier molecular flexibility index (Phi) is 6.79. The van der Waals surface area contributed by atoms with Gasteiger partial charge in [0.2, 0.25) is 10.0 Å². The third-order valence-corrected chi connectivity index (χ3v) is 7.79. The first-order chi connectivity index (χ1) is 13.7. The molecule has 2 atom stereocenters. The Bertz CT molecular complexity index is 926. The van der Waals surface area contributed by atoms with Gasteiger partial charge in [-0.3, -0.25) is 4.90 Å². The van der Waals surface area contributed by atoms with Crippen molar-refractivity contribution in [1.82, 2.24) is 9.62 Å². The van der Waals surface area contributed by atoms with Gasteiger partial charge in [0, 0.05) is 19.1 Å². The maximum Gasteiger partial charge on any atom is 0.241 e. The number of benzene rings is 2. The number of morpholine rings is 1. The molecule has 0 unspecified atom stereocenters. The molecule has 0 radical (unpaired) electrons. The molecule has 29 heavy (non-hydrogen) atoms. The van der Waals surface area contributed by atoms with Crippen LogP contribution in [-0.4, -0.2) is 45.7 Å². The Labute approximate surface area is 175 Å². The van der Waals surface area contributed by atoms with Crippen LogP contribution in [-0.2, 0) is 14.8 Å². The zero-order valence-corrected chi connectivity index (χ0v) is 18.8. The minimum Gasteiger partial charge on any atom is -0.379 e. The number of rotatable bonds is 6. The van der Waals surface area contributed by atoms with Gasteiger partial charge in [0.15, 0.2) is 0 Å². The Balaban J connectivity index is 1.96. The normalized spacial score (nSPS) is 17.8. The highest BCUT2D eigenvalue weighted by Crippen LogP contribution is 2.29. The van der Waals surface area contributed by atoms with Crippen molar-refractivity contribution in [2.24, 2.45) is 0 Å². The summed E-state index contributed by atoms with van der Waals surface area (Å²) in [4.78, 5) is 2.73. The number of hydrogen-bond acceptors (Lipinski definition) is 4. The van der Waals surface area contributed by atoms with E-state index in [2.05, 4.69) is 21.8 Å². The third-order valence-electron chi connectivity index (χ3n) is 5.96. The van der Waals surface area contributed by atoms with Crippen LogP contribution < -0.4 is 4.72 Å². The van der Waals surface area contributed by atoms with Gasteiger partial charge in [0.1, 0.15) is 0 Å². The van der Waals surface area contributed by atoms with Gasteiger partial charge < -0.3 is 4.74 Å². The van der Waals surface area contributed by atoms with Crippen molar-refractivity contribution < 1.29 is 13.2 Å². The van der Waals surface area contributed by atoms with Crippen LogP contribution in [0, 0.1) is 27.7 Å². The topological polar surface area (TPSA) is 58.6 Å². The van der Waals surface area contributed by atoms with Gasteiger partial charge in [0.05, 0.1) is 24.2 Å². The summed E-state index contributed by atoms with van der Waals surface area (Å²) in [5, 5.41) is 0. The molecule has 0 bridgehead atoms. The molecule has 2 aromatic rings. The van der Waals surface area contributed by atoms with Crippen molar-refractivity contribution >= 4 is 10.0 Å². The molecule has 1 saturated heterocycles. The van der Waals surface area contributed by atoms with E-state index in [1.807, 2.05) is 58.9 Å². The van der Waals surface area contributed by atoms with Crippen LogP contribution in [0.25, 0.3) is 0 Å². The van der Waals surface area contributed by atoms with Crippen molar-refractivity contribution in [2.45, 2.75) is 51.6 Å². The standard InChI is InChI=1S/C23H32N2O3S/c1-16-15-17(2)19(4)23(18(16)3)29(26,27)24-20(5)22(21-9-7-6-8-10-21)25-11-13-28-14-12-25/h6-10,15,20,22,24H,11-14H2,1-5H3/t20-,22-/m0/s1. The maximum absolute atomic E-state index is 13.5. The molecule has 3 rings (SSSR count). The minimum atomic E-state index is -3.67. The molecule has 1 aliphatic rings. The quantitative estimate of drug-likeness (QED) is 0.781. The van der Waals surface area contributed by atoms with Crippen LogP contribution in [0.5, 0.6) is 0 Å². The van der Waals surface area contributed by atoms with Gasteiger partial charge in [-0.25, -0.2) is 13.1 Å². The Morgan fingerprint density at radius 2 is 1.52 bits per heavy atom. The van der Waals surface area contributed by atoms with E-state index in [0.29, 0.717) is 18.1 Å². The minimum absolute atomic E-state index is 0.0543. The van der Waals surface area contributed by atoms with E-state index in [9.17, 15) is 8.42 Å². The molecule has 1 N–H and O–H groups in total. The fourth-order valence-corrected chi connectivity index (χ4v) is 6.14. The lowest BCUT2D eigenvalue weighted by atomic mass is 9.99. The highest BCUT2D eigenvalue weighted by atomic mass is 32.2. The fraction of sp³-hybridized carbons (Fsp3) is 0.478. The van der Waals surface area contributed by atoms with E-state index in [4.69, 9.17) is 4.74 Å². The number of ether oxygens (including phenoxy) is 1. The zero-order chi connectivity index (χ0) is 21.2. The highest BCUT2D eigenvalue weighted by Gasteiger charge is 2.32. The van der Waals surface area contributed by atoms with Gasteiger partial charge in [-0.05, 0) is 62.4 Å². The van der Waals surface area contributed by atoms with Crippen LogP contribution in [0.2, 0.25) is 0 Å². The molecular formula is C23H32N2O3S. The van der Waals surface area contributed by atoms with Crippen LogP contribution in [0.15, 0.2) is 41.3 Å². The first-order valence-electron chi connectivity index (χ1n) is 10.2. The van der Waals surface area contributed by atoms with Crippen molar-refractivity contribution in [1.29, 1.82) is 0 Å². The summed E-state index contributed by atoms with van der Waals surface area (Å²) in [6.45, 7) is 12.6. The molecule has 2 aromatic carbocycles. The molecule has 158 valence electrons. The van der Waals surface area contributed by atoms with E-state index < -0.39 is 10.0 Å². The number of nitrogens with one attached hydrogen (secondary N) is 1. The summed E-state index contributed by atoms with van der Waals surface area (Å²) in [7, 11) is -3.67. The lowest BCUT2D eigenvalue weighted by molar-refractivity contribution is 0.0105. The van der Waals surface area contributed by atoms with Crippen LogP contribution >= 0.6 is 0 Å². The number of aryl methyl sites for hydroxylation is 2. The average Bonchev–Trinajstić information content (AvgIpc) is 2.68. The van der Waals surface area contributed by atoms with E-state index in [0.717, 1.165) is 40.9 Å². The summed E-state index contributed by atoms with van der Waals surface area (Å²) >= 11 is 0. The van der Waals surface area contributed by atoms with Crippen molar-refractivity contribution in [3.63, 3.8) is 0 Å². The lowest BCUT2D eigenvalue weighted by Gasteiger charge is -2.38. The average molecular weight is 417 g/mol. The molecule has 6 heteroatoms. The summed E-state index contributed by atoms with van der Waals surface area (Å²) in [6.07, 6.45) is 0. The first kappa shape index (κ1) is 22.0. The van der Waals surface area contributed by atoms with E-state index >= 15 is 0 Å². The van der Waals surface area contributed by atoms with Crippen LogP contribution in [0.4, 0.5) is 0 Å². The molecule has 0 spiro atoms. The summed E-state index contributed by atoms with van der Waals surface area (Å²) < 4.78 is 35.4. The van der Waals surface area contributed by atoms with Crippen LogP contribution in [0.3, 0.4) is 0 Å². The Morgan fingerprint density at radius 1 is 0.966 bits per heavy atom. The second-order valence-corrected chi connectivity index (χ2v) is 9.65. The first-order valence-corrected chi connectivity index (χ1v) is 11.7. The molecule has 0 aromatic heterocycles. The molecule has 1 fully saturated rings. The Morgan fingerprint density at radius 3 is 2.07 bits per heavy atom. The molecule has 0 aliphatic carbocycles. The van der Waals surface area contributed by atoms with Gasteiger partial charge in [-0.1, -0.05) is 36.4 Å². The maximum atomic E-state index is 13.5. The fourth-order valence-electron chi connectivity index (χ4n) is 4.27.